The van der Waals surface area contributed by atoms with Gasteiger partial charge in [0, 0.05) is 25.5 Å². The Morgan fingerprint density at radius 3 is 2.63 bits per heavy atom. The Kier molecular flexibility index (Phi) is 7.08. The average molecular weight is 431 g/mol. The zero-order chi connectivity index (χ0) is 21.5. The molecule has 0 aliphatic rings. The summed E-state index contributed by atoms with van der Waals surface area (Å²) in [7, 11) is 0. The van der Waals surface area contributed by atoms with Gasteiger partial charge in [-0.15, -0.1) is 0 Å². The van der Waals surface area contributed by atoms with E-state index in [0.717, 1.165) is 6.42 Å². The smallest absolute Gasteiger partial charge is 0.276 e. The third-order valence-electron chi connectivity index (χ3n) is 4.15. The Morgan fingerprint density at radius 1 is 1.10 bits per heavy atom. The van der Waals surface area contributed by atoms with E-state index in [9.17, 15) is 9.59 Å². The summed E-state index contributed by atoms with van der Waals surface area (Å²) in [5.74, 6) is -0.264. The zero-order valence-corrected chi connectivity index (χ0v) is 17.5. The van der Waals surface area contributed by atoms with Gasteiger partial charge in [-0.3, -0.25) is 14.3 Å². The van der Waals surface area contributed by atoms with Gasteiger partial charge in [0.1, 0.15) is 5.75 Å². The highest BCUT2D eigenvalue weighted by Gasteiger charge is 2.20. The van der Waals surface area contributed by atoms with Crippen molar-refractivity contribution >= 4 is 29.1 Å². The van der Waals surface area contributed by atoms with Gasteiger partial charge >= 0.3 is 0 Å². The summed E-state index contributed by atoms with van der Waals surface area (Å²) in [6, 6.07) is 8.66. The Morgan fingerprint density at radius 2 is 1.90 bits per heavy atom. The lowest BCUT2D eigenvalue weighted by molar-refractivity contribution is 0.0948. The van der Waals surface area contributed by atoms with E-state index in [0.29, 0.717) is 29.5 Å². The molecule has 0 aliphatic carbocycles. The Labute approximate surface area is 179 Å². The standard InChI is InChI=1S/C20H23ClN6O3/c1-3-10-22-20(29)18-16(12-26(4-2)25-18)23-19(28)15-9-11-27(24-15)13-30-17-8-6-5-7-14(17)21/h5-9,11-12H,3-4,10,13H2,1-2H3,(H,22,29)(H,23,28). The number of halogens is 1. The normalized spacial score (nSPS) is 10.6. The summed E-state index contributed by atoms with van der Waals surface area (Å²) in [5, 5.41) is 14.4. The molecule has 1 aromatic carbocycles. The zero-order valence-electron chi connectivity index (χ0n) is 16.8. The highest BCUT2D eigenvalue weighted by molar-refractivity contribution is 6.32. The fraction of sp³-hybridized carbons (Fsp3) is 0.300. The van der Waals surface area contributed by atoms with Crippen LogP contribution in [-0.2, 0) is 13.3 Å². The van der Waals surface area contributed by atoms with Crippen LogP contribution in [-0.4, -0.2) is 37.9 Å². The van der Waals surface area contributed by atoms with Crippen LogP contribution in [0.15, 0.2) is 42.7 Å². The summed E-state index contributed by atoms with van der Waals surface area (Å²) in [4.78, 5) is 25.0. The van der Waals surface area contributed by atoms with Crippen LogP contribution < -0.4 is 15.4 Å². The number of anilines is 1. The van der Waals surface area contributed by atoms with Crippen LogP contribution in [0, 0.1) is 0 Å². The van der Waals surface area contributed by atoms with Crippen molar-refractivity contribution in [1.29, 1.82) is 0 Å². The van der Waals surface area contributed by atoms with Gasteiger partial charge in [-0.25, -0.2) is 4.68 Å². The molecule has 0 bridgehead atoms. The molecule has 0 fully saturated rings. The van der Waals surface area contributed by atoms with Crippen LogP contribution in [0.4, 0.5) is 5.69 Å². The monoisotopic (exact) mass is 430 g/mol. The molecule has 2 aromatic heterocycles. The molecule has 0 radical (unpaired) electrons. The van der Waals surface area contributed by atoms with E-state index in [2.05, 4.69) is 20.8 Å². The van der Waals surface area contributed by atoms with Crippen LogP contribution in [0.2, 0.25) is 5.02 Å². The molecule has 0 atom stereocenters. The maximum absolute atomic E-state index is 12.6. The van der Waals surface area contributed by atoms with Gasteiger partial charge in [0.25, 0.3) is 11.8 Å². The average Bonchev–Trinajstić information content (AvgIpc) is 3.38. The van der Waals surface area contributed by atoms with Crippen LogP contribution in [0.3, 0.4) is 0 Å². The molecule has 3 rings (SSSR count). The molecule has 2 heterocycles. The van der Waals surface area contributed by atoms with Crippen molar-refractivity contribution in [3.05, 3.63) is 59.1 Å². The molecule has 30 heavy (non-hydrogen) atoms. The third kappa shape index (κ3) is 5.18. The first kappa shape index (κ1) is 21.4. The van der Waals surface area contributed by atoms with E-state index in [-0.39, 0.29) is 24.0 Å². The summed E-state index contributed by atoms with van der Waals surface area (Å²) >= 11 is 6.06. The summed E-state index contributed by atoms with van der Waals surface area (Å²) in [6.45, 7) is 5.04. The first-order chi connectivity index (χ1) is 14.5. The summed E-state index contributed by atoms with van der Waals surface area (Å²) in [6.07, 6.45) is 4.04. The number of nitrogens with zero attached hydrogens (tertiary/aromatic N) is 4. The number of carbonyl (C=O) groups is 2. The predicted octanol–water partition coefficient (Wildman–Crippen LogP) is 3.18. The molecule has 2 N–H and O–H groups in total. The number of aryl methyl sites for hydroxylation is 1. The number of carbonyl (C=O) groups excluding carboxylic acids is 2. The van der Waals surface area contributed by atoms with Gasteiger partial charge in [0.15, 0.2) is 18.1 Å². The molecule has 9 nitrogen and oxygen atoms in total. The molecule has 0 unspecified atom stereocenters. The van der Waals surface area contributed by atoms with Crippen molar-refractivity contribution in [2.24, 2.45) is 0 Å². The topological polar surface area (TPSA) is 103 Å². The Bertz CT molecular complexity index is 1030. The van der Waals surface area contributed by atoms with E-state index in [1.54, 1.807) is 35.3 Å². The minimum Gasteiger partial charge on any atom is -0.470 e. The first-order valence-corrected chi connectivity index (χ1v) is 9.97. The van der Waals surface area contributed by atoms with Gasteiger partial charge in [0.05, 0.1) is 10.7 Å². The van der Waals surface area contributed by atoms with Crippen molar-refractivity contribution < 1.29 is 14.3 Å². The molecule has 0 aliphatic heterocycles. The quantitative estimate of drug-likeness (QED) is 0.542. The largest absolute Gasteiger partial charge is 0.470 e. The Balaban J connectivity index is 1.67. The SMILES string of the molecule is CCCNC(=O)c1nn(CC)cc1NC(=O)c1ccn(COc2ccccc2Cl)n1. The minimum atomic E-state index is -0.452. The third-order valence-corrected chi connectivity index (χ3v) is 4.46. The van der Waals surface area contributed by atoms with E-state index < -0.39 is 5.91 Å². The molecule has 0 spiro atoms. The maximum atomic E-state index is 12.6. The van der Waals surface area contributed by atoms with Crippen LogP contribution in [0.25, 0.3) is 0 Å². The number of hydrogen-bond acceptors (Lipinski definition) is 5. The van der Waals surface area contributed by atoms with Crippen LogP contribution in [0.5, 0.6) is 5.75 Å². The number of hydrogen-bond donors (Lipinski definition) is 2. The van der Waals surface area contributed by atoms with Crippen LogP contribution >= 0.6 is 11.6 Å². The van der Waals surface area contributed by atoms with Gasteiger partial charge in [-0.2, -0.15) is 10.2 Å². The number of benzene rings is 1. The number of nitrogens with one attached hydrogen (secondary N) is 2. The van der Waals surface area contributed by atoms with E-state index in [1.165, 1.54) is 4.68 Å². The lowest BCUT2D eigenvalue weighted by atomic mass is 10.3. The molecule has 0 saturated heterocycles. The molecular formula is C20H23ClN6O3. The number of rotatable bonds is 9. The number of amides is 2. The van der Waals surface area contributed by atoms with E-state index in [1.807, 2.05) is 26.0 Å². The lowest BCUT2D eigenvalue weighted by Gasteiger charge is -2.07. The second-order valence-corrected chi connectivity index (χ2v) is 6.81. The highest BCUT2D eigenvalue weighted by Crippen LogP contribution is 2.23. The molecule has 2 amide bonds. The van der Waals surface area contributed by atoms with Gasteiger partial charge < -0.3 is 15.4 Å². The predicted molar refractivity (Wildman–Crippen MR) is 113 cm³/mol. The van der Waals surface area contributed by atoms with Crippen molar-refractivity contribution in [2.75, 3.05) is 11.9 Å². The molecule has 3 aromatic rings. The molecular weight excluding hydrogens is 408 g/mol. The first-order valence-electron chi connectivity index (χ1n) is 9.59. The number of para-hydroxylation sites is 1. The molecule has 10 heteroatoms. The van der Waals surface area contributed by atoms with Gasteiger partial charge in [-0.05, 0) is 31.5 Å². The summed E-state index contributed by atoms with van der Waals surface area (Å²) in [5.41, 5.74) is 0.680. The van der Waals surface area contributed by atoms with E-state index >= 15 is 0 Å². The number of aromatic nitrogens is 4. The van der Waals surface area contributed by atoms with Crippen molar-refractivity contribution in [3.63, 3.8) is 0 Å². The minimum absolute atomic E-state index is 0.0927. The van der Waals surface area contributed by atoms with E-state index in [4.69, 9.17) is 16.3 Å². The fourth-order valence-corrected chi connectivity index (χ4v) is 2.79. The van der Waals surface area contributed by atoms with Gasteiger partial charge in [-0.1, -0.05) is 30.7 Å². The van der Waals surface area contributed by atoms with Crippen molar-refractivity contribution in [3.8, 4) is 5.75 Å². The van der Waals surface area contributed by atoms with Crippen molar-refractivity contribution in [2.45, 2.75) is 33.5 Å². The summed E-state index contributed by atoms with van der Waals surface area (Å²) < 4.78 is 8.68. The lowest BCUT2D eigenvalue weighted by Crippen LogP contribution is -2.26. The second kappa shape index (κ2) is 9.93. The van der Waals surface area contributed by atoms with Gasteiger partial charge in [0.2, 0.25) is 0 Å². The number of ether oxygens (including phenoxy) is 1. The molecule has 158 valence electrons. The Hall–Kier alpha value is -3.33. The highest BCUT2D eigenvalue weighted by atomic mass is 35.5. The second-order valence-electron chi connectivity index (χ2n) is 6.40. The van der Waals surface area contributed by atoms with Crippen LogP contribution in [0.1, 0.15) is 41.2 Å². The van der Waals surface area contributed by atoms with Crippen molar-refractivity contribution in [1.82, 2.24) is 24.9 Å². The maximum Gasteiger partial charge on any atom is 0.276 e. The fourth-order valence-electron chi connectivity index (χ4n) is 2.60. The molecule has 0 saturated carbocycles.